The smallest absolute Gasteiger partial charge is 0.319 e. The fourth-order valence-corrected chi connectivity index (χ4v) is 8.40. The number of halogens is 1. The second-order valence-corrected chi connectivity index (χ2v) is 13.1. The maximum atomic E-state index is 15.5. The molecule has 10 nitrogen and oxygen atoms in total. The highest BCUT2D eigenvalue weighted by molar-refractivity contribution is 7.91. The fourth-order valence-electron chi connectivity index (χ4n) is 6.05. The summed E-state index contributed by atoms with van der Waals surface area (Å²) in [5.74, 6) is -2.14. The van der Waals surface area contributed by atoms with Gasteiger partial charge >= 0.3 is 5.97 Å². The SMILES string of the molecule is CC1(C)Cc2c(c3c(n2-c2cc(F)c(C(N)=O)c(NC4CCC(OC(=O)CN)CC4)c2)COC3)S(=O)(=O)C1. The number of hydrogen-bond acceptors (Lipinski definition) is 8. The highest BCUT2D eigenvalue weighted by atomic mass is 32.2. The van der Waals surface area contributed by atoms with Crippen molar-refractivity contribution in [1.29, 1.82) is 0 Å². The van der Waals surface area contributed by atoms with Crippen LogP contribution in [0.1, 0.15) is 66.8 Å². The minimum Gasteiger partial charge on any atom is -0.461 e. The molecule has 1 aliphatic carbocycles. The molecule has 12 heteroatoms. The zero-order valence-electron chi connectivity index (χ0n) is 21.5. The number of benzene rings is 1. The van der Waals surface area contributed by atoms with Crippen LogP contribution in [0.25, 0.3) is 5.69 Å². The number of amides is 1. The maximum absolute atomic E-state index is 15.5. The summed E-state index contributed by atoms with van der Waals surface area (Å²) in [6, 6.07) is 2.76. The monoisotopic (exact) mass is 548 g/mol. The van der Waals surface area contributed by atoms with Crippen molar-refractivity contribution in [3.63, 3.8) is 0 Å². The average molecular weight is 549 g/mol. The van der Waals surface area contributed by atoms with Crippen molar-refractivity contribution in [3.8, 4) is 5.69 Å². The van der Waals surface area contributed by atoms with Crippen LogP contribution in [0, 0.1) is 11.2 Å². The summed E-state index contributed by atoms with van der Waals surface area (Å²) in [5.41, 5.74) is 12.7. The third-order valence-electron chi connectivity index (χ3n) is 7.53. The van der Waals surface area contributed by atoms with Crippen LogP contribution in [0.3, 0.4) is 0 Å². The number of nitrogens with two attached hydrogens (primary N) is 2. The van der Waals surface area contributed by atoms with Gasteiger partial charge < -0.3 is 30.8 Å². The second-order valence-electron chi connectivity index (χ2n) is 11.2. The average Bonchev–Trinajstić information content (AvgIpc) is 3.38. The number of hydrogen-bond donors (Lipinski definition) is 3. The molecule has 0 atom stereocenters. The highest BCUT2D eigenvalue weighted by Gasteiger charge is 2.43. The van der Waals surface area contributed by atoms with E-state index in [1.165, 1.54) is 6.07 Å². The molecule has 0 unspecified atom stereocenters. The van der Waals surface area contributed by atoms with E-state index in [0.717, 1.165) is 0 Å². The lowest BCUT2D eigenvalue weighted by Gasteiger charge is -2.31. The third-order valence-corrected chi connectivity index (χ3v) is 9.79. The van der Waals surface area contributed by atoms with E-state index in [9.17, 15) is 18.0 Å². The normalized spacial score (nSPS) is 23.4. The quantitative estimate of drug-likeness (QED) is 0.465. The summed E-state index contributed by atoms with van der Waals surface area (Å²) in [7, 11) is -3.57. The molecule has 1 aromatic heterocycles. The van der Waals surface area contributed by atoms with Crippen LogP contribution in [0.15, 0.2) is 17.0 Å². The van der Waals surface area contributed by atoms with Crippen LogP contribution < -0.4 is 16.8 Å². The summed E-state index contributed by atoms with van der Waals surface area (Å²) in [4.78, 5) is 24.0. The van der Waals surface area contributed by atoms with Gasteiger partial charge in [-0.15, -0.1) is 0 Å². The first-order valence-corrected chi connectivity index (χ1v) is 14.4. The van der Waals surface area contributed by atoms with E-state index in [2.05, 4.69) is 5.32 Å². The minimum atomic E-state index is -3.57. The number of ether oxygens (including phenoxy) is 2. The predicted molar refractivity (Wildman–Crippen MR) is 137 cm³/mol. The zero-order chi connectivity index (χ0) is 27.4. The van der Waals surface area contributed by atoms with E-state index < -0.39 is 32.9 Å². The van der Waals surface area contributed by atoms with Gasteiger partial charge in [-0.3, -0.25) is 9.59 Å². The summed E-state index contributed by atoms with van der Waals surface area (Å²) >= 11 is 0. The van der Waals surface area contributed by atoms with E-state index in [1.807, 2.05) is 13.8 Å². The summed E-state index contributed by atoms with van der Waals surface area (Å²) in [6.07, 6.45) is 2.70. The number of anilines is 1. The summed E-state index contributed by atoms with van der Waals surface area (Å²) in [5, 5.41) is 3.27. The summed E-state index contributed by atoms with van der Waals surface area (Å²) in [6.45, 7) is 4.00. The number of aromatic nitrogens is 1. The largest absolute Gasteiger partial charge is 0.461 e. The van der Waals surface area contributed by atoms with Gasteiger partial charge in [0.05, 0.1) is 53.0 Å². The first-order valence-electron chi connectivity index (χ1n) is 12.8. The Morgan fingerprint density at radius 3 is 2.55 bits per heavy atom. The van der Waals surface area contributed by atoms with Crippen molar-refractivity contribution in [2.24, 2.45) is 16.9 Å². The number of carbonyl (C=O) groups is 2. The van der Waals surface area contributed by atoms with Gasteiger partial charge in [0.1, 0.15) is 11.9 Å². The molecule has 206 valence electrons. The van der Waals surface area contributed by atoms with Crippen molar-refractivity contribution in [1.82, 2.24) is 4.57 Å². The number of nitrogens with zero attached hydrogens (tertiary/aromatic N) is 1. The van der Waals surface area contributed by atoms with Crippen molar-refractivity contribution in [2.75, 3.05) is 17.6 Å². The lowest BCUT2D eigenvalue weighted by Crippen LogP contribution is -2.33. The number of carbonyl (C=O) groups excluding carboxylic acids is 2. The standard InChI is InChI=1S/C26H33FN4O6S/c1-26(2)9-20-24(38(34,35)13-26)17-11-36-12-21(17)31(20)15-7-18(27)23(25(29)33)19(8-15)30-14-3-5-16(6-4-14)37-22(32)10-28/h7-8,14,16,30H,3-6,9-13,28H2,1-2H3,(H2,29,33). The maximum Gasteiger partial charge on any atom is 0.319 e. The van der Waals surface area contributed by atoms with Gasteiger partial charge in [0.15, 0.2) is 9.84 Å². The van der Waals surface area contributed by atoms with E-state index in [0.29, 0.717) is 54.7 Å². The number of nitrogens with one attached hydrogen (secondary N) is 1. The first-order chi connectivity index (χ1) is 17.9. The van der Waals surface area contributed by atoms with Gasteiger partial charge in [-0.2, -0.15) is 0 Å². The van der Waals surface area contributed by atoms with Crippen LogP contribution in [0.4, 0.5) is 10.1 Å². The van der Waals surface area contributed by atoms with E-state index in [1.54, 1.807) is 10.6 Å². The Bertz CT molecular complexity index is 1410. The Hall–Kier alpha value is -2.96. The molecule has 0 radical (unpaired) electrons. The molecule has 2 aliphatic heterocycles. The van der Waals surface area contributed by atoms with Crippen molar-refractivity contribution < 1.29 is 31.9 Å². The lowest BCUT2D eigenvalue weighted by molar-refractivity contribution is -0.148. The Labute approximate surface area is 220 Å². The molecule has 1 fully saturated rings. The number of fused-ring (bicyclic) bond motifs is 3. The molecule has 1 saturated carbocycles. The predicted octanol–water partition coefficient (Wildman–Crippen LogP) is 2.33. The van der Waals surface area contributed by atoms with Gasteiger partial charge in [0.25, 0.3) is 5.91 Å². The Morgan fingerprint density at radius 1 is 1.18 bits per heavy atom. The third kappa shape index (κ3) is 4.80. The van der Waals surface area contributed by atoms with Gasteiger partial charge in [-0.1, -0.05) is 13.8 Å². The first kappa shape index (κ1) is 26.6. The van der Waals surface area contributed by atoms with E-state index >= 15 is 4.39 Å². The van der Waals surface area contributed by atoms with Gasteiger partial charge in [-0.05, 0) is 49.7 Å². The van der Waals surface area contributed by atoms with E-state index in [4.69, 9.17) is 20.9 Å². The molecule has 38 heavy (non-hydrogen) atoms. The zero-order valence-corrected chi connectivity index (χ0v) is 22.3. The van der Waals surface area contributed by atoms with Gasteiger partial charge in [0.2, 0.25) is 0 Å². The van der Waals surface area contributed by atoms with Crippen LogP contribution in [0.5, 0.6) is 0 Å². The van der Waals surface area contributed by atoms with Crippen molar-refractivity contribution >= 4 is 27.4 Å². The lowest BCUT2D eigenvalue weighted by atomic mass is 9.89. The molecule has 2 aromatic rings. The number of primary amides is 1. The molecule has 5 N–H and O–H groups in total. The molecule has 0 spiro atoms. The summed E-state index contributed by atoms with van der Waals surface area (Å²) < 4.78 is 54.8. The van der Waals surface area contributed by atoms with Crippen LogP contribution in [0.2, 0.25) is 0 Å². The molecular formula is C26H33FN4O6S. The van der Waals surface area contributed by atoms with Gasteiger partial charge in [0, 0.05) is 17.3 Å². The molecule has 3 aliphatic rings. The van der Waals surface area contributed by atoms with Crippen molar-refractivity contribution in [3.05, 3.63) is 40.5 Å². The highest BCUT2D eigenvalue weighted by Crippen LogP contribution is 2.44. The van der Waals surface area contributed by atoms with Crippen molar-refractivity contribution in [2.45, 2.75) is 76.2 Å². The second kappa shape index (κ2) is 9.65. The van der Waals surface area contributed by atoms with Crippen LogP contribution in [-0.4, -0.2) is 49.3 Å². The Balaban J connectivity index is 1.54. The van der Waals surface area contributed by atoms with Gasteiger partial charge in [-0.25, -0.2) is 12.8 Å². The number of esters is 1. The molecule has 5 rings (SSSR count). The Kier molecular flexibility index (Phi) is 6.77. The molecule has 0 saturated heterocycles. The number of rotatable bonds is 6. The molecule has 1 amide bonds. The molecular weight excluding hydrogens is 515 g/mol. The van der Waals surface area contributed by atoms with E-state index in [-0.39, 0.29) is 53.8 Å². The molecule has 0 bridgehead atoms. The Morgan fingerprint density at radius 2 is 1.89 bits per heavy atom. The van der Waals surface area contributed by atoms with Crippen LogP contribution in [-0.2, 0) is 43.7 Å². The topological polar surface area (TPSA) is 156 Å². The number of sulfone groups is 1. The molecule has 3 heterocycles. The minimum absolute atomic E-state index is 0.0223. The van der Waals surface area contributed by atoms with Crippen LogP contribution >= 0.6 is 0 Å². The fraction of sp³-hybridized carbons (Fsp3) is 0.538. The molecule has 1 aromatic carbocycles.